The summed E-state index contributed by atoms with van der Waals surface area (Å²) in [5.74, 6) is -1.89. The summed E-state index contributed by atoms with van der Waals surface area (Å²) in [5, 5.41) is 35.2. The monoisotopic (exact) mass is 1060 g/mol. The van der Waals surface area contributed by atoms with E-state index in [4.69, 9.17) is 9.47 Å². The Bertz CT molecular complexity index is 2500. The standard InChI is InChI=1S/C55H78N14O8/c1-34(56-5)50(70)60-48(54(74)68-28-13-24-46(68)52(72)58-44-22-11-18-38-16-7-9-20-42(38)44)36(3)76-32-40-30-66(64-62-40)26-15-27-67-31-41(63-65-67)33-77-37(4)49(61-51(71)35(2)57-6)55(75)69-29-14-25-47(69)53(73)59-45-23-12-19-39-17-8-10-21-43(39)45/h7-10,16-17,20-21,30-31,34-37,44-49,56-57H,11-15,18-19,22-29,32-33H2,1-6H3,(H,58,72)(H,59,73)(H,60,70)(H,61,71)/t34-,35-,36+,37+,44+,45+,46-,47-,48-,49-/m0/s1. The van der Waals surface area contributed by atoms with Crippen LogP contribution < -0.4 is 31.9 Å². The van der Waals surface area contributed by atoms with Gasteiger partial charge in [-0.05, 0) is 135 Å². The first-order chi connectivity index (χ1) is 37.2. The minimum absolute atomic E-state index is 0.0206. The van der Waals surface area contributed by atoms with Crippen LogP contribution >= 0.6 is 0 Å². The second-order valence-corrected chi connectivity index (χ2v) is 21.0. The van der Waals surface area contributed by atoms with Crippen molar-refractivity contribution in [1.82, 2.24) is 71.7 Å². The van der Waals surface area contributed by atoms with Crippen molar-refractivity contribution < 1.29 is 38.2 Å². The summed E-state index contributed by atoms with van der Waals surface area (Å²) < 4.78 is 15.8. The molecule has 6 N–H and O–H groups in total. The molecule has 22 nitrogen and oxygen atoms in total. The molecule has 4 aliphatic rings. The summed E-state index contributed by atoms with van der Waals surface area (Å²) in [6, 6.07) is 11.5. The molecule has 0 radical (unpaired) electrons. The molecular weight excluding hydrogens is 985 g/mol. The number of rotatable bonds is 24. The molecule has 4 heterocycles. The SMILES string of the molecule is CN[C@@H](C)C(=O)N[C@H](C(=O)N1CCC[C@H]1C(=O)N[C@@H]1CCCc2ccccc21)[C@@H](C)OCc1cn(CCCn2cc(CO[C@H](C)[C@H](NC(=O)[C@H](C)NC)C(=O)N3CCC[C@H]3C(=O)N[C@@H]3CCCc4ccccc43)nn2)nn1. The van der Waals surface area contributed by atoms with Crippen LogP contribution in [-0.2, 0) is 77.4 Å². The first kappa shape index (κ1) is 56.6. The van der Waals surface area contributed by atoms with Crippen LogP contribution in [0.1, 0.15) is 131 Å². The van der Waals surface area contributed by atoms with Crippen molar-refractivity contribution in [2.24, 2.45) is 0 Å². The quantitative estimate of drug-likeness (QED) is 0.0589. The fourth-order valence-electron chi connectivity index (χ4n) is 10.9. The molecule has 4 aromatic rings. The Balaban J connectivity index is 0.817. The molecule has 22 heteroatoms. The van der Waals surface area contributed by atoms with Gasteiger partial charge in [0.2, 0.25) is 35.4 Å². The average molecular weight is 1060 g/mol. The summed E-state index contributed by atoms with van der Waals surface area (Å²) in [5.41, 5.74) is 5.76. The van der Waals surface area contributed by atoms with E-state index in [0.29, 0.717) is 69.7 Å². The Morgan fingerprint density at radius 2 is 1.00 bits per heavy atom. The van der Waals surface area contributed by atoms with Gasteiger partial charge >= 0.3 is 0 Å². The summed E-state index contributed by atoms with van der Waals surface area (Å²) >= 11 is 0. The van der Waals surface area contributed by atoms with Gasteiger partial charge < -0.3 is 51.2 Å². The van der Waals surface area contributed by atoms with E-state index in [2.05, 4.69) is 76.8 Å². The lowest BCUT2D eigenvalue weighted by Crippen LogP contribution is -2.59. The number of nitrogens with zero attached hydrogens (tertiary/aromatic N) is 8. The molecule has 6 amide bonds. The summed E-state index contributed by atoms with van der Waals surface area (Å²) in [6.07, 6.45) is 10.5. The lowest BCUT2D eigenvalue weighted by molar-refractivity contribution is -0.145. The minimum atomic E-state index is -1.07. The maximum atomic E-state index is 14.4. The van der Waals surface area contributed by atoms with Crippen LogP contribution in [0, 0.1) is 0 Å². The number of likely N-dealkylation sites (tertiary alicyclic amines) is 2. The normalized spacial score (nSPS) is 21.4. The number of carbonyl (C=O) groups excluding carboxylic acids is 6. The zero-order valence-electron chi connectivity index (χ0n) is 45.4. The lowest BCUT2D eigenvalue weighted by Gasteiger charge is -2.33. The fraction of sp³-hybridized carbons (Fsp3) is 0.600. The van der Waals surface area contributed by atoms with Gasteiger partial charge in [0, 0.05) is 26.2 Å². The molecule has 8 rings (SSSR count). The van der Waals surface area contributed by atoms with E-state index in [0.717, 1.165) is 49.7 Å². The second-order valence-electron chi connectivity index (χ2n) is 21.0. The highest BCUT2D eigenvalue weighted by Crippen LogP contribution is 2.32. The van der Waals surface area contributed by atoms with Gasteiger partial charge in [-0.15, -0.1) is 10.2 Å². The Morgan fingerprint density at radius 3 is 1.42 bits per heavy atom. The number of ether oxygens (including phenoxy) is 2. The van der Waals surface area contributed by atoms with Gasteiger partial charge in [0.15, 0.2) is 0 Å². The van der Waals surface area contributed by atoms with Crippen LogP contribution in [0.5, 0.6) is 0 Å². The molecule has 0 unspecified atom stereocenters. The van der Waals surface area contributed by atoms with Crippen LogP contribution in [0.3, 0.4) is 0 Å². The van der Waals surface area contributed by atoms with E-state index in [9.17, 15) is 28.8 Å². The second kappa shape index (κ2) is 26.6. The average Bonchev–Trinajstić information content (AvgIpc) is 4.31. The van der Waals surface area contributed by atoms with Crippen LogP contribution in [-0.4, -0.2) is 151 Å². The van der Waals surface area contributed by atoms with E-state index >= 15 is 0 Å². The predicted molar refractivity (Wildman–Crippen MR) is 284 cm³/mol. The van der Waals surface area contributed by atoms with Crippen LogP contribution in [0.4, 0.5) is 0 Å². The van der Waals surface area contributed by atoms with Gasteiger partial charge in [-0.2, -0.15) is 0 Å². The zero-order valence-corrected chi connectivity index (χ0v) is 45.4. The number of benzene rings is 2. The van der Waals surface area contributed by atoms with Gasteiger partial charge in [0.1, 0.15) is 35.6 Å². The van der Waals surface area contributed by atoms with E-state index in [-0.39, 0.29) is 60.7 Å². The highest BCUT2D eigenvalue weighted by Gasteiger charge is 2.43. The molecule has 2 aromatic carbocycles. The van der Waals surface area contributed by atoms with Crippen LogP contribution in [0.15, 0.2) is 60.9 Å². The topological polar surface area (TPSA) is 261 Å². The number of aromatic nitrogens is 6. The summed E-state index contributed by atoms with van der Waals surface area (Å²) in [6.45, 7) is 8.66. The highest BCUT2D eigenvalue weighted by atomic mass is 16.5. The Hall–Kier alpha value is -6.62. The number of hydrogen-bond acceptors (Lipinski definition) is 14. The number of fused-ring (bicyclic) bond motifs is 2. The number of carbonyl (C=O) groups is 6. The van der Waals surface area contributed by atoms with E-state index < -0.39 is 48.5 Å². The molecule has 416 valence electrons. The van der Waals surface area contributed by atoms with Crippen LogP contribution in [0.25, 0.3) is 0 Å². The fourth-order valence-corrected chi connectivity index (χ4v) is 10.9. The molecule has 0 bridgehead atoms. The van der Waals surface area contributed by atoms with Gasteiger partial charge in [-0.25, -0.2) is 0 Å². The van der Waals surface area contributed by atoms with Crippen molar-refractivity contribution >= 4 is 35.4 Å². The Kier molecular flexibility index (Phi) is 19.6. The van der Waals surface area contributed by atoms with Crippen molar-refractivity contribution in [3.63, 3.8) is 0 Å². The largest absolute Gasteiger partial charge is 0.369 e. The van der Waals surface area contributed by atoms with Gasteiger partial charge in [0.05, 0.1) is 62.0 Å². The maximum Gasteiger partial charge on any atom is 0.248 e. The molecular formula is C55H78N14O8. The van der Waals surface area contributed by atoms with Gasteiger partial charge in [-0.1, -0.05) is 59.0 Å². The number of hydrogen-bond donors (Lipinski definition) is 6. The Morgan fingerprint density at radius 1 is 0.584 bits per heavy atom. The first-order valence-electron chi connectivity index (χ1n) is 27.6. The number of nitrogens with one attached hydrogen (secondary N) is 6. The predicted octanol–water partition coefficient (Wildman–Crippen LogP) is 2.33. The lowest BCUT2D eigenvalue weighted by atomic mass is 9.87. The van der Waals surface area contributed by atoms with Crippen molar-refractivity contribution in [2.45, 2.75) is 185 Å². The highest BCUT2D eigenvalue weighted by molar-refractivity contribution is 5.95. The molecule has 2 aromatic heterocycles. The molecule has 2 aliphatic carbocycles. The van der Waals surface area contributed by atoms with Crippen molar-refractivity contribution in [3.05, 3.63) is 94.6 Å². The van der Waals surface area contributed by atoms with E-state index in [1.54, 1.807) is 73.3 Å². The molecule has 2 aliphatic heterocycles. The van der Waals surface area contributed by atoms with Crippen molar-refractivity contribution in [2.75, 3.05) is 27.2 Å². The minimum Gasteiger partial charge on any atom is -0.369 e. The smallest absolute Gasteiger partial charge is 0.248 e. The summed E-state index contributed by atoms with van der Waals surface area (Å²) in [7, 11) is 3.33. The number of aryl methyl sites for hydroxylation is 4. The van der Waals surface area contributed by atoms with Crippen molar-refractivity contribution in [3.8, 4) is 0 Å². The number of amides is 6. The van der Waals surface area contributed by atoms with Crippen LogP contribution in [0.2, 0.25) is 0 Å². The third-order valence-corrected chi connectivity index (χ3v) is 15.7. The van der Waals surface area contributed by atoms with Gasteiger partial charge in [0.25, 0.3) is 0 Å². The van der Waals surface area contributed by atoms with E-state index in [1.165, 1.54) is 11.1 Å². The molecule has 2 saturated heterocycles. The van der Waals surface area contributed by atoms with Gasteiger partial charge in [-0.3, -0.25) is 38.1 Å². The molecule has 0 saturated carbocycles. The zero-order chi connectivity index (χ0) is 54.6. The summed E-state index contributed by atoms with van der Waals surface area (Å²) in [4.78, 5) is 86.0. The maximum absolute atomic E-state index is 14.4. The molecule has 2 fully saturated rings. The van der Waals surface area contributed by atoms with Crippen molar-refractivity contribution in [1.29, 1.82) is 0 Å². The molecule has 77 heavy (non-hydrogen) atoms. The Labute approximate surface area is 450 Å². The third kappa shape index (κ3) is 14.1. The molecule has 10 atom stereocenters. The number of likely N-dealkylation sites (N-methyl/N-ethyl adjacent to an activating group) is 2. The third-order valence-electron chi connectivity index (χ3n) is 15.7. The van der Waals surface area contributed by atoms with E-state index in [1.807, 2.05) is 24.3 Å². The first-order valence-corrected chi connectivity index (χ1v) is 27.6. The molecule has 0 spiro atoms.